The maximum Gasteiger partial charge on any atom is 0.334 e. The Bertz CT molecular complexity index is 677. The SMILES string of the molecule is CCP(CC)C1=C(C)NC(C)=C(C(=O)O)C1c1ccccc1Cl. The molecule has 0 bridgehead atoms. The van der Waals surface area contributed by atoms with Crippen LogP contribution in [0.5, 0.6) is 0 Å². The summed E-state index contributed by atoms with van der Waals surface area (Å²) in [6, 6.07) is 7.58. The average molecular weight is 352 g/mol. The van der Waals surface area contributed by atoms with Crippen molar-refractivity contribution < 1.29 is 9.90 Å². The Kier molecular flexibility index (Phi) is 5.89. The molecule has 3 nitrogen and oxygen atoms in total. The molecule has 1 aliphatic rings. The van der Waals surface area contributed by atoms with Gasteiger partial charge in [0.1, 0.15) is 0 Å². The van der Waals surface area contributed by atoms with Crippen molar-refractivity contribution in [3.05, 3.63) is 57.1 Å². The predicted octanol–water partition coefficient (Wildman–Crippen LogP) is 5.14. The normalized spacial score (nSPS) is 18.4. The second-order valence-electron chi connectivity index (χ2n) is 5.61. The number of halogens is 1. The number of rotatable bonds is 5. The van der Waals surface area contributed by atoms with Gasteiger partial charge in [-0.3, -0.25) is 0 Å². The molecule has 0 saturated heterocycles. The van der Waals surface area contributed by atoms with Gasteiger partial charge in [0.2, 0.25) is 0 Å². The van der Waals surface area contributed by atoms with Gasteiger partial charge in [0.05, 0.1) is 5.57 Å². The molecule has 2 N–H and O–H groups in total. The summed E-state index contributed by atoms with van der Waals surface area (Å²) < 4.78 is 0. The van der Waals surface area contributed by atoms with Crippen LogP contribution < -0.4 is 5.32 Å². The van der Waals surface area contributed by atoms with Gasteiger partial charge in [0.25, 0.3) is 0 Å². The fraction of sp³-hybridized carbons (Fsp3) is 0.389. The van der Waals surface area contributed by atoms with Gasteiger partial charge < -0.3 is 10.4 Å². The van der Waals surface area contributed by atoms with E-state index < -0.39 is 13.9 Å². The first kappa shape index (κ1) is 18.0. The smallest absolute Gasteiger partial charge is 0.334 e. The number of dihydropyridines is 1. The van der Waals surface area contributed by atoms with Crippen molar-refractivity contribution in [3.8, 4) is 0 Å². The van der Waals surface area contributed by atoms with Crippen molar-refractivity contribution in [1.82, 2.24) is 5.32 Å². The standard InChI is InChI=1S/C18H23ClNO2P/c1-5-23(6-2)17-12(4)20-11(3)15(18(21)22)16(17)13-9-7-8-10-14(13)19/h7-10,16,20H,5-6H2,1-4H3,(H,21,22). The minimum atomic E-state index is -0.882. The van der Waals surface area contributed by atoms with Gasteiger partial charge in [-0.15, -0.1) is 0 Å². The fourth-order valence-corrected chi connectivity index (χ4v) is 5.80. The molecule has 5 heteroatoms. The maximum atomic E-state index is 12.0. The molecule has 23 heavy (non-hydrogen) atoms. The highest BCUT2D eigenvalue weighted by Crippen LogP contribution is 2.56. The van der Waals surface area contributed by atoms with Crippen LogP contribution >= 0.6 is 19.5 Å². The summed E-state index contributed by atoms with van der Waals surface area (Å²) >= 11 is 6.43. The van der Waals surface area contributed by atoms with Crippen LogP contribution in [-0.2, 0) is 4.79 Å². The van der Waals surface area contributed by atoms with Crippen LogP contribution in [0.3, 0.4) is 0 Å². The van der Waals surface area contributed by atoms with Crippen LogP contribution in [0.25, 0.3) is 0 Å². The lowest BCUT2D eigenvalue weighted by Gasteiger charge is -2.35. The summed E-state index contributed by atoms with van der Waals surface area (Å²) in [5, 5.41) is 14.9. The van der Waals surface area contributed by atoms with Gasteiger partial charge in [0.15, 0.2) is 0 Å². The van der Waals surface area contributed by atoms with Crippen LogP contribution in [0, 0.1) is 0 Å². The molecule has 0 saturated carbocycles. The number of hydrogen-bond acceptors (Lipinski definition) is 2. The number of allylic oxidation sites excluding steroid dienone is 3. The summed E-state index contributed by atoms with van der Waals surface area (Å²) in [7, 11) is -0.399. The summed E-state index contributed by atoms with van der Waals surface area (Å²) in [6.45, 7) is 8.21. The molecule has 0 fully saturated rings. The molecule has 1 heterocycles. The van der Waals surface area contributed by atoms with Gasteiger partial charge in [0, 0.05) is 22.3 Å². The van der Waals surface area contributed by atoms with Gasteiger partial charge in [-0.2, -0.15) is 0 Å². The van der Waals surface area contributed by atoms with E-state index in [1.807, 2.05) is 38.1 Å². The number of carboxylic acids is 1. The highest BCUT2D eigenvalue weighted by atomic mass is 35.5. The molecule has 1 aromatic carbocycles. The van der Waals surface area contributed by atoms with E-state index in [1.54, 1.807) is 0 Å². The zero-order chi connectivity index (χ0) is 17.1. The van der Waals surface area contributed by atoms with Crippen molar-refractivity contribution in [1.29, 1.82) is 0 Å². The fourth-order valence-electron chi connectivity index (χ4n) is 3.26. The zero-order valence-corrected chi connectivity index (χ0v) is 15.6. The molecule has 0 aliphatic carbocycles. The summed E-state index contributed by atoms with van der Waals surface area (Å²) in [4.78, 5) is 12.0. The molecule has 1 atom stereocenters. The number of carboxylic acid groups (broad SMARTS) is 1. The molecule has 0 amide bonds. The lowest BCUT2D eigenvalue weighted by atomic mass is 9.86. The highest BCUT2D eigenvalue weighted by molar-refractivity contribution is 7.62. The van der Waals surface area contributed by atoms with Gasteiger partial charge in [-0.25, -0.2) is 4.79 Å². The molecular formula is C18H23ClNO2P. The van der Waals surface area contributed by atoms with Crippen LogP contribution in [0.2, 0.25) is 5.02 Å². The van der Waals surface area contributed by atoms with E-state index in [0.717, 1.165) is 23.6 Å². The monoisotopic (exact) mass is 351 g/mol. The maximum absolute atomic E-state index is 12.0. The molecule has 0 aromatic heterocycles. The third-order valence-corrected chi connectivity index (χ3v) is 7.42. The summed E-state index contributed by atoms with van der Waals surface area (Å²) in [6.07, 6.45) is 2.07. The van der Waals surface area contributed by atoms with Crippen LogP contribution in [0.1, 0.15) is 39.2 Å². The first-order chi connectivity index (χ1) is 10.9. The van der Waals surface area contributed by atoms with Gasteiger partial charge in [-0.1, -0.05) is 51.6 Å². The molecular weight excluding hydrogens is 329 g/mol. The van der Waals surface area contributed by atoms with E-state index >= 15 is 0 Å². The van der Waals surface area contributed by atoms with Crippen LogP contribution in [-0.4, -0.2) is 23.4 Å². The van der Waals surface area contributed by atoms with E-state index in [1.165, 1.54) is 5.31 Å². The molecule has 2 rings (SSSR count). The van der Waals surface area contributed by atoms with Gasteiger partial charge in [-0.05, 0) is 43.1 Å². The van der Waals surface area contributed by atoms with E-state index in [4.69, 9.17) is 11.6 Å². The van der Waals surface area contributed by atoms with Crippen molar-refractivity contribution in [2.24, 2.45) is 0 Å². The largest absolute Gasteiger partial charge is 0.478 e. The Morgan fingerprint density at radius 3 is 2.35 bits per heavy atom. The minimum Gasteiger partial charge on any atom is -0.478 e. The topological polar surface area (TPSA) is 49.3 Å². The van der Waals surface area contributed by atoms with E-state index in [2.05, 4.69) is 19.2 Å². The predicted molar refractivity (Wildman–Crippen MR) is 98.4 cm³/mol. The molecule has 1 aliphatic heterocycles. The zero-order valence-electron chi connectivity index (χ0n) is 14.0. The second kappa shape index (κ2) is 7.51. The van der Waals surface area contributed by atoms with Crippen molar-refractivity contribution in [2.45, 2.75) is 33.6 Å². The Labute approximate surface area is 144 Å². The van der Waals surface area contributed by atoms with E-state index in [-0.39, 0.29) is 5.92 Å². The number of benzene rings is 1. The third kappa shape index (κ3) is 3.46. The number of carbonyl (C=O) groups is 1. The first-order valence-corrected chi connectivity index (χ1v) is 9.92. The Balaban J connectivity index is 2.71. The lowest BCUT2D eigenvalue weighted by Crippen LogP contribution is -2.28. The number of aliphatic carboxylic acids is 1. The third-order valence-electron chi connectivity index (χ3n) is 4.28. The Morgan fingerprint density at radius 1 is 1.22 bits per heavy atom. The molecule has 1 unspecified atom stereocenters. The van der Waals surface area contributed by atoms with Gasteiger partial charge >= 0.3 is 5.97 Å². The van der Waals surface area contributed by atoms with Crippen LogP contribution in [0.15, 0.2) is 46.5 Å². The van der Waals surface area contributed by atoms with Crippen molar-refractivity contribution in [3.63, 3.8) is 0 Å². The Hall–Kier alpha value is -1.31. The molecule has 1 aromatic rings. The minimum absolute atomic E-state index is 0.270. The second-order valence-corrected chi connectivity index (χ2v) is 8.84. The summed E-state index contributed by atoms with van der Waals surface area (Å²) in [5.74, 6) is -1.15. The Morgan fingerprint density at radius 2 is 1.83 bits per heavy atom. The molecule has 0 spiro atoms. The van der Waals surface area contributed by atoms with E-state index in [0.29, 0.717) is 16.3 Å². The van der Waals surface area contributed by atoms with Crippen LogP contribution in [0.4, 0.5) is 0 Å². The summed E-state index contributed by atoms with van der Waals surface area (Å²) in [5.41, 5.74) is 3.07. The average Bonchev–Trinajstić information content (AvgIpc) is 2.50. The first-order valence-electron chi connectivity index (χ1n) is 7.83. The highest BCUT2D eigenvalue weighted by Gasteiger charge is 2.36. The molecule has 0 radical (unpaired) electrons. The lowest BCUT2D eigenvalue weighted by molar-refractivity contribution is -0.133. The number of hydrogen-bond donors (Lipinski definition) is 2. The van der Waals surface area contributed by atoms with E-state index in [9.17, 15) is 9.90 Å². The quantitative estimate of drug-likeness (QED) is 0.722. The van der Waals surface area contributed by atoms with Crippen molar-refractivity contribution in [2.75, 3.05) is 12.3 Å². The number of nitrogens with one attached hydrogen (secondary N) is 1. The van der Waals surface area contributed by atoms with Crippen molar-refractivity contribution >= 4 is 25.5 Å². The molecule has 124 valence electrons.